The summed E-state index contributed by atoms with van der Waals surface area (Å²) in [5.41, 5.74) is 11.0. The van der Waals surface area contributed by atoms with Gasteiger partial charge in [-0.15, -0.1) is 0 Å². The van der Waals surface area contributed by atoms with Gasteiger partial charge in [0, 0.05) is 0 Å². The van der Waals surface area contributed by atoms with Gasteiger partial charge in [-0.1, -0.05) is 54.1 Å². The number of nitrogens with two attached hydrogens (primary N) is 1. The van der Waals surface area contributed by atoms with E-state index in [0.29, 0.717) is 5.82 Å². The summed E-state index contributed by atoms with van der Waals surface area (Å²) in [4.78, 5) is 0. The van der Waals surface area contributed by atoms with Crippen molar-refractivity contribution < 1.29 is 0 Å². The van der Waals surface area contributed by atoms with E-state index in [0.717, 1.165) is 0 Å². The summed E-state index contributed by atoms with van der Waals surface area (Å²) in [6, 6.07) is 18.7. The highest BCUT2D eigenvalue weighted by molar-refractivity contribution is 5.42. The lowest BCUT2D eigenvalue weighted by Gasteiger charge is -2.22. The molecule has 3 nitrogen and oxygen atoms in total. The van der Waals surface area contributed by atoms with E-state index in [4.69, 9.17) is 5.73 Å². The minimum absolute atomic E-state index is 0.00102. The first-order chi connectivity index (χ1) is 10.2. The van der Waals surface area contributed by atoms with Gasteiger partial charge < -0.3 is 5.73 Å². The van der Waals surface area contributed by atoms with E-state index in [-0.39, 0.29) is 6.04 Å². The molecule has 1 heterocycles. The maximum atomic E-state index is 6.10. The van der Waals surface area contributed by atoms with Crippen molar-refractivity contribution >= 4 is 5.82 Å². The van der Waals surface area contributed by atoms with Gasteiger partial charge in [-0.3, -0.25) is 0 Å². The van der Waals surface area contributed by atoms with Crippen LogP contribution >= 0.6 is 0 Å². The van der Waals surface area contributed by atoms with Crippen molar-refractivity contribution in [3.63, 3.8) is 0 Å². The fourth-order valence-electron chi connectivity index (χ4n) is 2.68. The second-order valence-corrected chi connectivity index (χ2v) is 5.37. The maximum absolute atomic E-state index is 6.10. The molecule has 2 aromatic carbocycles. The molecule has 1 atom stereocenters. The average molecular weight is 277 g/mol. The van der Waals surface area contributed by atoms with Crippen molar-refractivity contribution in [2.45, 2.75) is 19.9 Å². The Kier molecular flexibility index (Phi) is 3.48. The normalized spacial score (nSPS) is 12.3. The number of nitrogens with zero attached hydrogens (tertiary/aromatic N) is 2. The molecule has 0 fully saturated rings. The topological polar surface area (TPSA) is 43.8 Å². The van der Waals surface area contributed by atoms with Crippen molar-refractivity contribution in [3.8, 4) is 0 Å². The summed E-state index contributed by atoms with van der Waals surface area (Å²) in [7, 11) is 0. The van der Waals surface area contributed by atoms with Crippen molar-refractivity contribution in [2.75, 3.05) is 5.73 Å². The zero-order valence-electron chi connectivity index (χ0n) is 12.3. The molecule has 0 amide bonds. The number of anilines is 1. The van der Waals surface area contributed by atoms with E-state index < -0.39 is 0 Å². The van der Waals surface area contributed by atoms with Crippen LogP contribution in [0.2, 0.25) is 0 Å². The molecule has 3 heteroatoms. The zero-order valence-corrected chi connectivity index (χ0v) is 12.3. The van der Waals surface area contributed by atoms with Crippen LogP contribution in [0.3, 0.4) is 0 Å². The van der Waals surface area contributed by atoms with Gasteiger partial charge in [-0.25, -0.2) is 4.68 Å². The smallest absolute Gasteiger partial charge is 0.122 e. The molecule has 0 aliphatic carbocycles. The molecular formula is C18H19N3. The summed E-state index contributed by atoms with van der Waals surface area (Å²) in [5.74, 6) is 0.671. The van der Waals surface area contributed by atoms with Crippen LogP contribution in [0.5, 0.6) is 0 Å². The zero-order chi connectivity index (χ0) is 14.8. The van der Waals surface area contributed by atoms with Gasteiger partial charge in [0.05, 0.1) is 6.20 Å². The Bertz CT molecular complexity index is 744. The van der Waals surface area contributed by atoms with Gasteiger partial charge in [0.25, 0.3) is 0 Å². The molecule has 3 aromatic rings. The largest absolute Gasteiger partial charge is 0.384 e. The van der Waals surface area contributed by atoms with Gasteiger partial charge in [0.1, 0.15) is 11.9 Å². The summed E-state index contributed by atoms with van der Waals surface area (Å²) in [6.45, 7) is 4.24. The second kappa shape index (κ2) is 5.44. The second-order valence-electron chi connectivity index (χ2n) is 5.37. The number of rotatable bonds is 3. The monoisotopic (exact) mass is 277 g/mol. The molecule has 0 saturated heterocycles. The van der Waals surface area contributed by atoms with Crippen molar-refractivity contribution in [3.05, 3.63) is 83.0 Å². The van der Waals surface area contributed by atoms with E-state index in [1.807, 2.05) is 28.9 Å². The number of aromatic nitrogens is 2. The summed E-state index contributed by atoms with van der Waals surface area (Å²) >= 11 is 0. The van der Waals surface area contributed by atoms with Crippen LogP contribution in [0.1, 0.15) is 28.3 Å². The quantitative estimate of drug-likeness (QED) is 0.793. The first-order valence-electron chi connectivity index (χ1n) is 7.08. The Morgan fingerprint density at radius 3 is 2.43 bits per heavy atom. The number of hydrogen-bond donors (Lipinski definition) is 1. The molecule has 1 aromatic heterocycles. The molecule has 0 radical (unpaired) electrons. The highest BCUT2D eigenvalue weighted by Crippen LogP contribution is 2.30. The number of nitrogen functional groups attached to an aromatic ring is 1. The molecule has 2 N–H and O–H groups in total. The molecular weight excluding hydrogens is 258 g/mol. The van der Waals surface area contributed by atoms with Crippen LogP contribution in [0, 0.1) is 13.8 Å². The summed E-state index contributed by atoms with van der Waals surface area (Å²) < 4.78 is 1.89. The number of aryl methyl sites for hydroxylation is 2. The van der Waals surface area contributed by atoms with Crippen LogP contribution < -0.4 is 5.73 Å². The van der Waals surface area contributed by atoms with Gasteiger partial charge >= 0.3 is 0 Å². The molecule has 0 spiro atoms. The van der Waals surface area contributed by atoms with Crippen molar-refractivity contribution in [1.29, 1.82) is 0 Å². The van der Waals surface area contributed by atoms with Gasteiger partial charge in [-0.05, 0) is 36.6 Å². The van der Waals surface area contributed by atoms with E-state index in [2.05, 4.69) is 49.3 Å². The van der Waals surface area contributed by atoms with Crippen molar-refractivity contribution in [2.24, 2.45) is 0 Å². The van der Waals surface area contributed by atoms with Crippen LogP contribution in [0.4, 0.5) is 5.82 Å². The molecule has 0 aliphatic heterocycles. The van der Waals surface area contributed by atoms with Gasteiger partial charge in [-0.2, -0.15) is 5.10 Å². The third kappa shape index (κ3) is 2.55. The fourth-order valence-corrected chi connectivity index (χ4v) is 2.68. The average Bonchev–Trinajstić information content (AvgIpc) is 2.90. The van der Waals surface area contributed by atoms with Gasteiger partial charge in [0.2, 0.25) is 0 Å². The van der Waals surface area contributed by atoms with E-state index in [1.165, 1.54) is 22.3 Å². The van der Waals surface area contributed by atoms with Crippen LogP contribution in [0.25, 0.3) is 0 Å². The highest BCUT2D eigenvalue weighted by Gasteiger charge is 2.20. The third-order valence-electron chi connectivity index (χ3n) is 3.79. The predicted molar refractivity (Wildman–Crippen MR) is 86.2 cm³/mol. The molecule has 0 bridgehead atoms. The Morgan fingerprint density at radius 2 is 1.76 bits per heavy atom. The molecule has 1 unspecified atom stereocenters. The Labute approximate surface area is 125 Å². The van der Waals surface area contributed by atoms with Crippen molar-refractivity contribution in [1.82, 2.24) is 9.78 Å². The fraction of sp³-hybridized carbons (Fsp3) is 0.167. The minimum Gasteiger partial charge on any atom is -0.384 e. The molecule has 0 saturated carbocycles. The number of hydrogen-bond acceptors (Lipinski definition) is 2. The molecule has 0 aliphatic rings. The number of benzene rings is 2. The van der Waals surface area contributed by atoms with Gasteiger partial charge in [0.15, 0.2) is 0 Å². The lowest BCUT2D eigenvalue weighted by molar-refractivity contribution is 0.601. The lowest BCUT2D eigenvalue weighted by atomic mass is 9.93. The minimum atomic E-state index is 0.00102. The Balaban J connectivity index is 2.22. The Hall–Kier alpha value is -2.55. The first-order valence-corrected chi connectivity index (χ1v) is 7.08. The van der Waals surface area contributed by atoms with E-state index in [1.54, 1.807) is 6.20 Å². The molecule has 3 rings (SSSR count). The maximum Gasteiger partial charge on any atom is 0.122 e. The van der Waals surface area contributed by atoms with Crippen LogP contribution in [-0.2, 0) is 0 Å². The standard InChI is InChI=1S/C18H19N3/c1-13-8-9-14(2)16(12-13)18(15-6-4-3-5-7-15)21-17(19)10-11-20-21/h3-12,18H,19H2,1-2H3. The summed E-state index contributed by atoms with van der Waals surface area (Å²) in [5, 5.41) is 4.43. The summed E-state index contributed by atoms with van der Waals surface area (Å²) in [6.07, 6.45) is 1.75. The Morgan fingerprint density at radius 1 is 1.00 bits per heavy atom. The third-order valence-corrected chi connectivity index (χ3v) is 3.79. The van der Waals surface area contributed by atoms with E-state index in [9.17, 15) is 0 Å². The highest BCUT2D eigenvalue weighted by atomic mass is 15.3. The lowest BCUT2D eigenvalue weighted by Crippen LogP contribution is -2.17. The van der Waals surface area contributed by atoms with E-state index >= 15 is 0 Å². The van der Waals surface area contributed by atoms with Crippen LogP contribution in [-0.4, -0.2) is 9.78 Å². The molecule has 21 heavy (non-hydrogen) atoms. The first kappa shape index (κ1) is 13.4. The van der Waals surface area contributed by atoms with Crippen LogP contribution in [0.15, 0.2) is 60.8 Å². The predicted octanol–water partition coefficient (Wildman–Crippen LogP) is 3.72. The SMILES string of the molecule is Cc1ccc(C)c(C(c2ccccc2)n2nccc2N)c1. The molecule has 106 valence electrons.